The monoisotopic (exact) mass is 1450 g/mol. The number of H-pyrrole nitrogens is 3. The Bertz CT molecular complexity index is 4240. The molecule has 3 aliphatic heterocycles. The van der Waals surface area contributed by atoms with Crippen LogP contribution in [0.15, 0.2) is 152 Å². The van der Waals surface area contributed by atoms with Crippen LogP contribution in [0.3, 0.4) is 0 Å². The van der Waals surface area contributed by atoms with Gasteiger partial charge in [-0.2, -0.15) is 0 Å². The van der Waals surface area contributed by atoms with Crippen molar-refractivity contribution in [2.45, 2.75) is 57.7 Å². The minimum Gasteiger partial charge on any atom is -0.491 e. The molecule has 3 amide bonds. The Morgan fingerprint density at radius 1 is 0.451 bits per heavy atom. The van der Waals surface area contributed by atoms with Crippen molar-refractivity contribution in [1.82, 2.24) is 29.7 Å². The van der Waals surface area contributed by atoms with E-state index in [1.54, 1.807) is 49.0 Å². The Labute approximate surface area is 609 Å². The lowest BCUT2D eigenvalue weighted by Gasteiger charge is -2.35. The summed E-state index contributed by atoms with van der Waals surface area (Å²) in [5.41, 5.74) is 12.3. The topological polar surface area (TPSA) is 219 Å². The number of ether oxygens (including phenoxy) is 12. The first kappa shape index (κ1) is 75.9. The number of aromatic amines is 3. The lowest BCUT2D eigenvalue weighted by atomic mass is 9.92. The third-order valence-electron chi connectivity index (χ3n) is 17.4. The molecule has 0 saturated heterocycles. The number of rotatable bonds is 29. The number of hydrogen-bond acceptors (Lipinski definition) is 15. The second kappa shape index (κ2) is 38.0. The van der Waals surface area contributed by atoms with Crippen molar-refractivity contribution >= 4 is 85.8 Å². The van der Waals surface area contributed by atoms with Crippen LogP contribution in [-0.2, 0) is 61.9 Å². The van der Waals surface area contributed by atoms with Gasteiger partial charge in [-0.1, -0.05) is 97.4 Å². The average Bonchev–Trinajstić information content (AvgIpc) is 1.59. The van der Waals surface area contributed by atoms with Crippen molar-refractivity contribution in [3.63, 3.8) is 0 Å². The molecule has 0 saturated carbocycles. The van der Waals surface area contributed by atoms with Crippen LogP contribution in [0.4, 0.5) is 14.4 Å². The highest BCUT2D eigenvalue weighted by molar-refractivity contribution is 6.32. The highest BCUT2D eigenvalue weighted by atomic mass is 35.5. The second-order valence-electron chi connectivity index (χ2n) is 24.3. The molecule has 6 heterocycles. The standard InChI is InChI=1S/C26H29ClN2O5.C26H31ClN2O5.C26H29ClN2O5/c1-17(2)34-26(30)29-11-10-21-22-16-19(27)6-9-23(22)28-24(21)25(29)18-4-7-20(8-5-18)33-15-14-32-13-12-31-3;2*1-3-12-34-26(30)29-11-10-21-22-17-19(27)6-9-23(22)28-24(21)25(29)18-4-7-20(8-5-18)33-16-15-32-14-13-31-2/h4-9,16,25,28H,1,10-15H2,2-3H3;4-9,17,25,28H,3,10-16H2,1-2H3;3-9,17,25,28H,1,10-16H2,2H3. The number of carbonyl (C=O) groups excluding carboxylic acids is 3. The first-order chi connectivity index (χ1) is 49.7. The van der Waals surface area contributed by atoms with E-state index in [1.807, 2.05) is 134 Å². The van der Waals surface area contributed by atoms with Gasteiger partial charge in [-0.25, -0.2) is 14.4 Å². The van der Waals surface area contributed by atoms with Crippen LogP contribution in [0.25, 0.3) is 32.7 Å². The maximum absolute atomic E-state index is 13.0. The first-order valence-corrected chi connectivity index (χ1v) is 35.3. The summed E-state index contributed by atoms with van der Waals surface area (Å²) in [7, 11) is 4.93. The molecular formula is C78H89Cl3N6O15. The lowest BCUT2D eigenvalue weighted by molar-refractivity contribution is 0.0544. The van der Waals surface area contributed by atoms with Crippen molar-refractivity contribution < 1.29 is 71.2 Å². The lowest BCUT2D eigenvalue weighted by Crippen LogP contribution is -2.41. The number of benzene rings is 6. The minimum absolute atomic E-state index is 0.163. The summed E-state index contributed by atoms with van der Waals surface area (Å²) >= 11 is 18.8. The van der Waals surface area contributed by atoms with Crippen LogP contribution in [0, 0.1) is 0 Å². The van der Waals surface area contributed by atoms with Crippen LogP contribution in [0.1, 0.15) is 88.9 Å². The zero-order chi connectivity index (χ0) is 71.9. The molecule has 9 aromatic rings. The van der Waals surface area contributed by atoms with Gasteiger partial charge < -0.3 is 71.8 Å². The number of aromatic nitrogens is 3. The minimum atomic E-state index is -0.423. The van der Waals surface area contributed by atoms with Crippen LogP contribution >= 0.6 is 34.8 Å². The predicted octanol–water partition coefficient (Wildman–Crippen LogP) is 16.0. The fourth-order valence-electron chi connectivity index (χ4n) is 12.7. The van der Waals surface area contributed by atoms with Gasteiger partial charge in [0.05, 0.1) is 71.8 Å². The third-order valence-corrected chi connectivity index (χ3v) is 18.1. The van der Waals surface area contributed by atoms with E-state index >= 15 is 0 Å². The molecule has 542 valence electrons. The fraction of sp³-hybridized carbons (Fsp3) is 0.372. The summed E-state index contributed by atoms with van der Waals surface area (Å²) in [5.74, 6) is 2.57. The number of carbonyl (C=O) groups is 3. The molecule has 12 rings (SSSR count). The smallest absolute Gasteiger partial charge is 0.415 e. The second-order valence-corrected chi connectivity index (χ2v) is 25.6. The Morgan fingerprint density at radius 2 is 0.775 bits per heavy atom. The summed E-state index contributed by atoms with van der Waals surface area (Å²) in [6.45, 7) is 19.3. The number of nitrogens with one attached hydrogen (secondary N) is 3. The van der Waals surface area contributed by atoms with Crippen molar-refractivity contribution in [3.8, 4) is 17.2 Å². The molecule has 3 N–H and O–H groups in total. The molecule has 0 spiro atoms. The Kier molecular flexibility index (Phi) is 28.3. The van der Waals surface area contributed by atoms with Crippen molar-refractivity contribution in [2.24, 2.45) is 0 Å². The van der Waals surface area contributed by atoms with Gasteiger partial charge >= 0.3 is 18.3 Å². The molecule has 0 fully saturated rings. The quantitative estimate of drug-likeness (QED) is 0.0172. The number of allylic oxidation sites excluding steroid dienone is 1. The van der Waals surface area contributed by atoms with Crippen LogP contribution in [-0.4, -0.2) is 181 Å². The number of fused-ring (bicyclic) bond motifs is 9. The van der Waals surface area contributed by atoms with E-state index in [4.69, 9.17) is 91.6 Å². The molecule has 0 radical (unpaired) electrons. The molecule has 6 aromatic carbocycles. The molecule has 102 heavy (non-hydrogen) atoms. The summed E-state index contributed by atoms with van der Waals surface area (Å²) in [6.07, 6.45) is 3.38. The Morgan fingerprint density at radius 3 is 1.09 bits per heavy atom. The van der Waals surface area contributed by atoms with Crippen LogP contribution < -0.4 is 14.2 Å². The molecule has 24 heteroatoms. The van der Waals surface area contributed by atoms with Gasteiger partial charge in [0, 0.05) is 106 Å². The SMILES string of the molecule is C=C(C)OC(=O)N1CCc2c([nH]c3ccc(Cl)cc23)C1c1ccc(OCCOCCOC)cc1.C=CCOC(=O)N1CCc2c([nH]c3ccc(Cl)cc23)C1c1ccc(OCCOCCOC)cc1.CCCOC(=O)N1CCc2c([nH]c3ccc(Cl)cc23)C1c1ccc(OCCOCCOC)cc1. The van der Waals surface area contributed by atoms with E-state index in [0.29, 0.717) is 139 Å². The van der Waals surface area contributed by atoms with E-state index in [0.717, 1.165) is 102 Å². The first-order valence-electron chi connectivity index (χ1n) is 34.1. The highest BCUT2D eigenvalue weighted by Crippen LogP contribution is 2.44. The number of nitrogens with zero attached hydrogens (tertiary/aromatic N) is 3. The number of methoxy groups -OCH3 is 3. The molecule has 21 nitrogen and oxygen atoms in total. The molecular weight excluding hydrogens is 1370 g/mol. The Balaban J connectivity index is 0.000000165. The normalized spacial score (nSPS) is 15.3. The summed E-state index contributed by atoms with van der Waals surface area (Å²) < 4.78 is 64.8. The maximum Gasteiger partial charge on any atom is 0.415 e. The van der Waals surface area contributed by atoms with E-state index in [-0.39, 0.29) is 36.9 Å². The van der Waals surface area contributed by atoms with Gasteiger partial charge in [0.25, 0.3) is 0 Å². The zero-order valence-corrected chi connectivity index (χ0v) is 60.6. The van der Waals surface area contributed by atoms with E-state index < -0.39 is 6.09 Å². The molecule has 3 aliphatic rings. The zero-order valence-electron chi connectivity index (χ0n) is 58.3. The largest absolute Gasteiger partial charge is 0.491 e. The summed E-state index contributed by atoms with van der Waals surface area (Å²) in [4.78, 5) is 54.7. The molecule has 3 atom stereocenters. The van der Waals surface area contributed by atoms with Crippen molar-refractivity contribution in [1.29, 1.82) is 0 Å². The van der Waals surface area contributed by atoms with Gasteiger partial charge in [0.2, 0.25) is 0 Å². The van der Waals surface area contributed by atoms with E-state index in [9.17, 15) is 14.4 Å². The molecule has 0 bridgehead atoms. The number of halogens is 3. The van der Waals surface area contributed by atoms with Gasteiger partial charge in [-0.3, -0.25) is 14.7 Å². The predicted molar refractivity (Wildman–Crippen MR) is 395 cm³/mol. The number of amides is 3. The van der Waals surface area contributed by atoms with E-state index in [1.165, 1.54) is 11.1 Å². The summed E-state index contributed by atoms with van der Waals surface area (Å²) in [5, 5.41) is 5.33. The van der Waals surface area contributed by atoms with Crippen LogP contribution in [0.2, 0.25) is 15.1 Å². The average molecular weight is 1460 g/mol. The maximum atomic E-state index is 13.0. The van der Waals surface area contributed by atoms with Gasteiger partial charge in [0.15, 0.2) is 0 Å². The van der Waals surface area contributed by atoms with Gasteiger partial charge in [-0.05, 0) is 157 Å². The molecule has 0 aliphatic carbocycles. The fourth-order valence-corrected chi connectivity index (χ4v) is 13.2. The summed E-state index contributed by atoms with van der Waals surface area (Å²) in [6, 6.07) is 39.9. The van der Waals surface area contributed by atoms with Gasteiger partial charge in [0.1, 0.15) is 61.8 Å². The Hall–Kier alpha value is -8.74. The molecule has 3 unspecified atom stereocenters. The highest BCUT2D eigenvalue weighted by Gasteiger charge is 2.39. The van der Waals surface area contributed by atoms with Crippen LogP contribution in [0.5, 0.6) is 17.2 Å². The van der Waals surface area contributed by atoms with Crippen molar-refractivity contribution in [3.05, 3.63) is 218 Å². The third kappa shape index (κ3) is 19.5. The molecule has 3 aromatic heterocycles. The van der Waals surface area contributed by atoms with E-state index in [2.05, 4.69) is 28.1 Å². The number of hydrogen-bond donors (Lipinski definition) is 3. The van der Waals surface area contributed by atoms with Crippen molar-refractivity contribution in [2.75, 3.05) is 133 Å². The van der Waals surface area contributed by atoms with Gasteiger partial charge in [-0.15, -0.1) is 0 Å².